The van der Waals surface area contributed by atoms with Gasteiger partial charge in [0.15, 0.2) is 0 Å². The maximum absolute atomic E-state index is 9.17. The van der Waals surface area contributed by atoms with Gasteiger partial charge in [-0.25, -0.2) is 4.68 Å². The van der Waals surface area contributed by atoms with E-state index in [1.54, 1.807) is 18.0 Å². The second-order valence-corrected chi connectivity index (χ2v) is 5.48. The quantitative estimate of drug-likeness (QED) is 0.833. The molecule has 1 N–H and O–H groups in total. The lowest BCUT2D eigenvalue weighted by atomic mass is 9.97. The number of ether oxygens (including phenoxy) is 2. The highest BCUT2D eigenvalue weighted by Crippen LogP contribution is 2.26. The van der Waals surface area contributed by atoms with E-state index in [4.69, 9.17) is 14.6 Å². The lowest BCUT2D eigenvalue weighted by Crippen LogP contribution is -2.26. The summed E-state index contributed by atoms with van der Waals surface area (Å²) in [5, 5.41) is 13.4. The van der Waals surface area contributed by atoms with Gasteiger partial charge in [-0.2, -0.15) is 5.10 Å². The number of hydrogen-bond donors (Lipinski definition) is 1. The molecule has 0 radical (unpaired) electrons. The number of rotatable bonds is 7. The molecule has 1 rings (SSSR count). The Labute approximate surface area is 110 Å². The Kier molecular flexibility index (Phi) is 5.42. The van der Waals surface area contributed by atoms with Gasteiger partial charge in [0, 0.05) is 12.5 Å². The summed E-state index contributed by atoms with van der Waals surface area (Å²) in [6.45, 7) is 5.61. The van der Waals surface area contributed by atoms with E-state index >= 15 is 0 Å². The lowest BCUT2D eigenvalue weighted by molar-refractivity contribution is 0.0897. The van der Waals surface area contributed by atoms with Gasteiger partial charge in [-0.1, -0.05) is 13.8 Å². The van der Waals surface area contributed by atoms with Gasteiger partial charge >= 0.3 is 0 Å². The SMILES string of the molecule is COCCn1ncc(Br)c1OCC(C)(C)CO. The van der Waals surface area contributed by atoms with E-state index in [-0.39, 0.29) is 12.0 Å². The van der Waals surface area contributed by atoms with Crippen molar-refractivity contribution < 1.29 is 14.6 Å². The molecule has 1 aromatic heterocycles. The summed E-state index contributed by atoms with van der Waals surface area (Å²) in [4.78, 5) is 0. The van der Waals surface area contributed by atoms with Crippen LogP contribution in [0.4, 0.5) is 0 Å². The molecule has 0 saturated carbocycles. The Balaban J connectivity index is 2.65. The molecule has 0 spiro atoms. The topological polar surface area (TPSA) is 56.5 Å². The third-order valence-electron chi connectivity index (χ3n) is 2.28. The Hall–Kier alpha value is -0.590. The van der Waals surface area contributed by atoms with E-state index in [1.165, 1.54) is 0 Å². The molecular weight excluding hydrogens is 288 g/mol. The molecule has 17 heavy (non-hydrogen) atoms. The fourth-order valence-electron chi connectivity index (χ4n) is 1.14. The van der Waals surface area contributed by atoms with Crippen molar-refractivity contribution in [2.75, 3.05) is 26.9 Å². The maximum Gasteiger partial charge on any atom is 0.226 e. The summed E-state index contributed by atoms with van der Waals surface area (Å²) < 4.78 is 13.2. The number of hydrogen-bond acceptors (Lipinski definition) is 4. The number of aliphatic hydroxyl groups is 1. The van der Waals surface area contributed by atoms with Crippen LogP contribution in [0.15, 0.2) is 10.7 Å². The Morgan fingerprint density at radius 3 is 2.82 bits per heavy atom. The zero-order chi connectivity index (χ0) is 12.9. The molecule has 0 bridgehead atoms. The summed E-state index contributed by atoms with van der Waals surface area (Å²) in [6.07, 6.45) is 1.69. The average molecular weight is 307 g/mol. The van der Waals surface area contributed by atoms with Crippen molar-refractivity contribution in [3.8, 4) is 5.88 Å². The van der Waals surface area contributed by atoms with Gasteiger partial charge in [-0.15, -0.1) is 0 Å². The summed E-state index contributed by atoms with van der Waals surface area (Å²) in [6, 6.07) is 0. The predicted octanol–water partition coefficient (Wildman–Crippen LogP) is 1.69. The van der Waals surface area contributed by atoms with Gasteiger partial charge in [0.1, 0.15) is 0 Å². The normalized spacial score (nSPS) is 11.8. The van der Waals surface area contributed by atoms with Gasteiger partial charge in [0.05, 0.1) is 37.0 Å². The van der Waals surface area contributed by atoms with Crippen LogP contribution in [0.2, 0.25) is 0 Å². The molecule has 0 aliphatic heterocycles. The number of methoxy groups -OCH3 is 1. The first-order chi connectivity index (χ1) is 8.00. The first-order valence-corrected chi connectivity index (χ1v) is 6.23. The number of aromatic nitrogens is 2. The van der Waals surface area contributed by atoms with Crippen LogP contribution in [0.3, 0.4) is 0 Å². The predicted molar refractivity (Wildman–Crippen MR) is 68.2 cm³/mol. The highest BCUT2D eigenvalue weighted by Gasteiger charge is 2.20. The zero-order valence-electron chi connectivity index (χ0n) is 10.4. The lowest BCUT2D eigenvalue weighted by Gasteiger charge is -2.22. The van der Waals surface area contributed by atoms with Crippen molar-refractivity contribution in [3.05, 3.63) is 10.7 Å². The van der Waals surface area contributed by atoms with Gasteiger partial charge in [-0.3, -0.25) is 0 Å². The molecule has 1 heterocycles. The van der Waals surface area contributed by atoms with Crippen LogP contribution in [-0.4, -0.2) is 41.8 Å². The molecule has 0 aromatic carbocycles. The zero-order valence-corrected chi connectivity index (χ0v) is 12.0. The summed E-state index contributed by atoms with van der Waals surface area (Å²) in [5.74, 6) is 0.670. The van der Waals surface area contributed by atoms with Gasteiger partial charge in [-0.05, 0) is 15.9 Å². The van der Waals surface area contributed by atoms with Crippen molar-refractivity contribution >= 4 is 15.9 Å². The van der Waals surface area contributed by atoms with Crippen molar-refractivity contribution in [1.82, 2.24) is 9.78 Å². The highest BCUT2D eigenvalue weighted by atomic mass is 79.9. The monoisotopic (exact) mass is 306 g/mol. The molecule has 98 valence electrons. The minimum atomic E-state index is -0.268. The van der Waals surface area contributed by atoms with Crippen molar-refractivity contribution in [1.29, 1.82) is 0 Å². The molecule has 0 aliphatic carbocycles. The second-order valence-electron chi connectivity index (χ2n) is 4.62. The van der Waals surface area contributed by atoms with E-state index in [9.17, 15) is 0 Å². The van der Waals surface area contributed by atoms with Gasteiger partial charge < -0.3 is 14.6 Å². The van der Waals surface area contributed by atoms with E-state index < -0.39 is 0 Å². The van der Waals surface area contributed by atoms with Crippen LogP contribution in [-0.2, 0) is 11.3 Å². The van der Waals surface area contributed by atoms with E-state index in [1.807, 2.05) is 13.8 Å². The first-order valence-electron chi connectivity index (χ1n) is 5.44. The molecule has 0 amide bonds. The van der Waals surface area contributed by atoms with Crippen molar-refractivity contribution in [2.45, 2.75) is 20.4 Å². The molecule has 0 unspecified atom stereocenters. The Morgan fingerprint density at radius 2 is 2.24 bits per heavy atom. The number of aliphatic hydroxyl groups excluding tert-OH is 1. The molecule has 0 fully saturated rings. The molecular formula is C11H19BrN2O3. The highest BCUT2D eigenvalue weighted by molar-refractivity contribution is 9.10. The molecule has 0 saturated heterocycles. The third kappa shape index (κ3) is 4.29. The smallest absolute Gasteiger partial charge is 0.226 e. The van der Waals surface area contributed by atoms with E-state index in [0.29, 0.717) is 25.6 Å². The van der Waals surface area contributed by atoms with Crippen LogP contribution in [0.1, 0.15) is 13.8 Å². The van der Waals surface area contributed by atoms with Gasteiger partial charge in [0.25, 0.3) is 0 Å². The minimum absolute atomic E-state index is 0.0802. The molecule has 0 aliphatic rings. The van der Waals surface area contributed by atoms with Crippen LogP contribution in [0.25, 0.3) is 0 Å². The van der Waals surface area contributed by atoms with Crippen molar-refractivity contribution in [3.63, 3.8) is 0 Å². The van der Waals surface area contributed by atoms with Crippen LogP contribution < -0.4 is 4.74 Å². The largest absolute Gasteiger partial charge is 0.476 e. The first kappa shape index (κ1) is 14.5. The molecule has 0 atom stereocenters. The number of nitrogens with zero attached hydrogens (tertiary/aromatic N) is 2. The Bertz CT molecular complexity index is 352. The Morgan fingerprint density at radius 1 is 1.53 bits per heavy atom. The number of halogens is 1. The summed E-state index contributed by atoms with van der Waals surface area (Å²) in [7, 11) is 1.65. The average Bonchev–Trinajstić information content (AvgIpc) is 2.65. The minimum Gasteiger partial charge on any atom is -0.476 e. The molecule has 6 heteroatoms. The third-order valence-corrected chi connectivity index (χ3v) is 2.83. The van der Waals surface area contributed by atoms with Crippen LogP contribution in [0.5, 0.6) is 5.88 Å². The van der Waals surface area contributed by atoms with E-state index in [0.717, 1.165) is 4.47 Å². The maximum atomic E-state index is 9.17. The van der Waals surface area contributed by atoms with Gasteiger partial charge in [0.2, 0.25) is 5.88 Å². The summed E-state index contributed by atoms with van der Waals surface area (Å²) >= 11 is 3.39. The van der Waals surface area contributed by atoms with Crippen LogP contribution >= 0.6 is 15.9 Å². The molecule has 1 aromatic rings. The molecule has 5 nitrogen and oxygen atoms in total. The summed E-state index contributed by atoms with van der Waals surface area (Å²) in [5.41, 5.74) is -0.268. The fraction of sp³-hybridized carbons (Fsp3) is 0.727. The van der Waals surface area contributed by atoms with Crippen LogP contribution in [0, 0.1) is 5.41 Å². The van der Waals surface area contributed by atoms with E-state index in [2.05, 4.69) is 21.0 Å². The standard InChI is InChI=1S/C11H19BrN2O3/c1-11(2,7-15)8-17-10-9(12)6-13-14(10)4-5-16-3/h6,15H,4-5,7-8H2,1-3H3. The van der Waals surface area contributed by atoms with Crippen molar-refractivity contribution in [2.24, 2.45) is 5.41 Å². The fourth-order valence-corrected chi connectivity index (χ4v) is 1.55. The second kappa shape index (κ2) is 6.37.